The average Bonchev–Trinajstić information content (AvgIpc) is 3.41. The van der Waals surface area contributed by atoms with Gasteiger partial charge in [0.15, 0.2) is 12.4 Å². The Hall–Kier alpha value is -3.16. The van der Waals surface area contributed by atoms with Crippen LogP contribution in [-0.2, 0) is 23.8 Å². The lowest BCUT2D eigenvalue weighted by atomic mass is 9.99. The highest BCUT2D eigenvalue weighted by Crippen LogP contribution is 2.26. The second-order valence-corrected chi connectivity index (χ2v) is 20.7. The normalized spacial score (nSPS) is 19.8. The Morgan fingerprint density at radius 1 is 0.520 bits per heavy atom. The van der Waals surface area contributed by atoms with E-state index in [1.165, 1.54) is 116 Å². The molecule has 0 spiro atoms. The van der Waals surface area contributed by atoms with E-state index in [2.05, 4.69) is 86.8 Å². The van der Waals surface area contributed by atoms with Crippen molar-refractivity contribution in [3.05, 3.63) is 85.1 Å². The number of aliphatic hydroxyl groups excluding tert-OH is 5. The van der Waals surface area contributed by atoms with Gasteiger partial charge in [0.05, 0.1) is 25.4 Å². The number of unbranched alkanes of at least 4 members (excludes halogenated alkanes) is 25. The molecular weight excluding hydrogens is 943 g/mol. The van der Waals surface area contributed by atoms with Crippen LogP contribution in [0.2, 0.25) is 0 Å². The van der Waals surface area contributed by atoms with Gasteiger partial charge in [-0.25, -0.2) is 0 Å². The van der Waals surface area contributed by atoms with E-state index in [-0.39, 0.29) is 19.4 Å². The standard InChI is InChI=1S/C64H111NO10/c1-4-7-10-13-16-19-22-25-26-27-28-29-30-31-32-34-37-40-43-46-49-52-59(69)75-62-61(71)60(70)58(53-66)74-64(62)73-54-55(56(67)50-47-44-41-38-36-33-23-20-17-14-11-8-5-2)65-63(72)57(68)51-48-45-42-39-35-24-21-18-15-12-9-6-3/h16,19,25-26,28-29,31-32,35,39,45,47-48,50,55-58,60-62,64,66-68,70-71H,4-15,17-18,20-24,27,30,33-34,36-38,40-44,46,49,51-54H2,1-3H3,(H,65,72)/b19-16-,26-25-,29-28-,32-31-,39-35-,48-45+,50-47+. The van der Waals surface area contributed by atoms with Crippen molar-refractivity contribution >= 4 is 11.9 Å². The van der Waals surface area contributed by atoms with Crippen molar-refractivity contribution in [2.45, 2.75) is 294 Å². The van der Waals surface area contributed by atoms with Crippen molar-refractivity contribution in [2.24, 2.45) is 0 Å². The molecular formula is C64H111NO10. The van der Waals surface area contributed by atoms with Gasteiger partial charge >= 0.3 is 5.97 Å². The second-order valence-electron chi connectivity index (χ2n) is 20.7. The van der Waals surface area contributed by atoms with Crippen LogP contribution in [0.3, 0.4) is 0 Å². The summed E-state index contributed by atoms with van der Waals surface area (Å²) < 4.78 is 17.6. The fraction of sp³-hybridized carbons (Fsp3) is 0.750. The molecule has 432 valence electrons. The van der Waals surface area contributed by atoms with Crippen LogP contribution < -0.4 is 5.32 Å². The lowest BCUT2D eigenvalue weighted by molar-refractivity contribution is -0.305. The van der Waals surface area contributed by atoms with E-state index >= 15 is 0 Å². The molecule has 0 aromatic heterocycles. The summed E-state index contributed by atoms with van der Waals surface area (Å²) in [5.74, 6) is -1.29. The molecule has 0 saturated carbocycles. The molecule has 1 saturated heterocycles. The molecule has 1 rings (SSSR count). The summed E-state index contributed by atoms with van der Waals surface area (Å²) in [6.45, 7) is 5.69. The third-order valence-electron chi connectivity index (χ3n) is 13.8. The van der Waals surface area contributed by atoms with Crippen molar-refractivity contribution in [1.82, 2.24) is 5.32 Å². The fourth-order valence-corrected chi connectivity index (χ4v) is 8.91. The van der Waals surface area contributed by atoms with Crippen molar-refractivity contribution < 1.29 is 49.3 Å². The van der Waals surface area contributed by atoms with Crippen molar-refractivity contribution in [2.75, 3.05) is 13.2 Å². The van der Waals surface area contributed by atoms with Crippen LogP contribution in [-0.4, -0.2) is 99.6 Å². The smallest absolute Gasteiger partial charge is 0.306 e. The van der Waals surface area contributed by atoms with E-state index in [1.807, 2.05) is 12.2 Å². The average molecular weight is 1050 g/mol. The number of aliphatic hydroxyl groups is 5. The van der Waals surface area contributed by atoms with E-state index < -0.39 is 67.4 Å². The van der Waals surface area contributed by atoms with Crippen molar-refractivity contribution in [1.29, 1.82) is 0 Å². The van der Waals surface area contributed by atoms with Crippen LogP contribution >= 0.6 is 0 Å². The quantitative estimate of drug-likeness (QED) is 0.0195. The number of hydrogen-bond donors (Lipinski definition) is 6. The monoisotopic (exact) mass is 1050 g/mol. The molecule has 8 atom stereocenters. The molecule has 1 amide bonds. The van der Waals surface area contributed by atoms with Gasteiger partial charge in [-0.2, -0.15) is 0 Å². The molecule has 75 heavy (non-hydrogen) atoms. The Morgan fingerprint density at radius 3 is 1.40 bits per heavy atom. The molecule has 1 fully saturated rings. The Bertz CT molecular complexity index is 1540. The molecule has 0 aromatic rings. The molecule has 0 radical (unpaired) electrons. The van der Waals surface area contributed by atoms with E-state index in [0.717, 1.165) is 83.5 Å². The third-order valence-corrected chi connectivity index (χ3v) is 13.8. The largest absolute Gasteiger partial charge is 0.454 e. The Kier molecular flexibility index (Phi) is 48.0. The minimum absolute atomic E-state index is 0.0770. The van der Waals surface area contributed by atoms with Gasteiger partial charge in [0.2, 0.25) is 5.91 Å². The molecule has 0 aliphatic carbocycles. The lowest BCUT2D eigenvalue weighted by Gasteiger charge is -2.41. The summed E-state index contributed by atoms with van der Waals surface area (Å²) in [5, 5.41) is 56.8. The number of hydrogen-bond acceptors (Lipinski definition) is 10. The summed E-state index contributed by atoms with van der Waals surface area (Å²) in [6.07, 6.45) is 56.4. The zero-order chi connectivity index (χ0) is 54.7. The SMILES string of the molecule is CCCCC/C=C\C/C=C\C/C=C\C/C=C\CCCCCCCC(=O)OC1C(OCC(NC(=O)C(O)C/C=C/C/C=C\CCCCCCCC)C(O)/C=C/CCCCCCCCCCCCC)OC(CO)C(O)C1O. The first kappa shape index (κ1) is 69.9. The number of rotatable bonds is 50. The highest BCUT2D eigenvalue weighted by Gasteiger charge is 2.47. The molecule has 0 aromatic carbocycles. The molecule has 1 aliphatic rings. The first-order valence-corrected chi connectivity index (χ1v) is 30.4. The summed E-state index contributed by atoms with van der Waals surface area (Å²) in [7, 11) is 0. The van der Waals surface area contributed by atoms with Crippen LogP contribution in [0.1, 0.15) is 245 Å². The molecule has 1 aliphatic heterocycles. The Morgan fingerprint density at radius 2 is 0.920 bits per heavy atom. The predicted octanol–water partition coefficient (Wildman–Crippen LogP) is 14.2. The van der Waals surface area contributed by atoms with Gasteiger partial charge in [-0.05, 0) is 83.5 Å². The summed E-state index contributed by atoms with van der Waals surface area (Å²) in [6, 6.07) is -1.06. The van der Waals surface area contributed by atoms with Gasteiger partial charge in [-0.3, -0.25) is 9.59 Å². The van der Waals surface area contributed by atoms with Crippen LogP contribution in [0.15, 0.2) is 85.1 Å². The summed E-state index contributed by atoms with van der Waals surface area (Å²) in [4.78, 5) is 26.5. The molecule has 0 bridgehead atoms. The molecule has 8 unspecified atom stereocenters. The van der Waals surface area contributed by atoms with E-state index in [9.17, 15) is 35.1 Å². The van der Waals surface area contributed by atoms with Gasteiger partial charge in [-0.15, -0.1) is 0 Å². The van der Waals surface area contributed by atoms with Gasteiger partial charge < -0.3 is 45.1 Å². The molecule has 11 heteroatoms. The Balaban J connectivity index is 2.72. The Labute approximate surface area is 457 Å². The maximum Gasteiger partial charge on any atom is 0.306 e. The maximum absolute atomic E-state index is 13.3. The van der Waals surface area contributed by atoms with E-state index in [1.54, 1.807) is 12.2 Å². The van der Waals surface area contributed by atoms with Crippen LogP contribution in [0.5, 0.6) is 0 Å². The third kappa shape index (κ3) is 39.8. The molecule has 1 heterocycles. The first-order chi connectivity index (χ1) is 36.7. The fourth-order valence-electron chi connectivity index (χ4n) is 8.91. The summed E-state index contributed by atoms with van der Waals surface area (Å²) >= 11 is 0. The zero-order valence-electron chi connectivity index (χ0n) is 47.6. The maximum atomic E-state index is 13.3. The highest BCUT2D eigenvalue weighted by molar-refractivity contribution is 5.81. The number of carbonyl (C=O) groups is 2. The van der Waals surface area contributed by atoms with Gasteiger partial charge in [0.25, 0.3) is 0 Å². The first-order valence-electron chi connectivity index (χ1n) is 30.4. The van der Waals surface area contributed by atoms with E-state index in [0.29, 0.717) is 12.8 Å². The topological polar surface area (TPSA) is 175 Å². The number of amides is 1. The molecule has 6 N–H and O–H groups in total. The number of allylic oxidation sites excluding steroid dienone is 12. The number of nitrogens with one attached hydrogen (secondary N) is 1. The van der Waals surface area contributed by atoms with Crippen LogP contribution in [0, 0.1) is 0 Å². The lowest BCUT2D eigenvalue weighted by Crippen LogP contribution is -2.61. The molecule has 11 nitrogen and oxygen atoms in total. The highest BCUT2D eigenvalue weighted by atomic mass is 16.7. The van der Waals surface area contributed by atoms with Crippen LogP contribution in [0.4, 0.5) is 0 Å². The van der Waals surface area contributed by atoms with Crippen molar-refractivity contribution in [3.8, 4) is 0 Å². The summed E-state index contributed by atoms with van der Waals surface area (Å²) in [5.41, 5.74) is 0. The minimum atomic E-state index is -1.63. The number of carbonyl (C=O) groups excluding carboxylic acids is 2. The van der Waals surface area contributed by atoms with Gasteiger partial charge in [0.1, 0.15) is 24.4 Å². The predicted molar refractivity (Wildman–Crippen MR) is 310 cm³/mol. The van der Waals surface area contributed by atoms with Crippen LogP contribution in [0.25, 0.3) is 0 Å². The minimum Gasteiger partial charge on any atom is -0.454 e. The van der Waals surface area contributed by atoms with Gasteiger partial charge in [-0.1, -0.05) is 234 Å². The van der Waals surface area contributed by atoms with E-state index in [4.69, 9.17) is 14.2 Å². The van der Waals surface area contributed by atoms with Gasteiger partial charge in [0, 0.05) is 12.8 Å². The number of ether oxygens (including phenoxy) is 3. The second kappa shape index (κ2) is 51.6. The number of esters is 1. The van der Waals surface area contributed by atoms with Crippen molar-refractivity contribution in [3.63, 3.8) is 0 Å². The zero-order valence-corrected chi connectivity index (χ0v) is 47.6.